The van der Waals surface area contributed by atoms with Gasteiger partial charge in [-0.3, -0.25) is 38.6 Å². The zero-order valence-corrected chi connectivity index (χ0v) is 36.0. The molecule has 1 rings (SSSR count). The molecule has 1 heterocycles. The second kappa shape index (κ2) is 25.5. The number of aliphatic imine (C=N–C) groups is 1. The van der Waals surface area contributed by atoms with E-state index < -0.39 is 95.5 Å². The van der Waals surface area contributed by atoms with Gasteiger partial charge in [-0.15, -0.1) is 0 Å². The van der Waals surface area contributed by atoms with Crippen molar-refractivity contribution < 1.29 is 43.5 Å². The van der Waals surface area contributed by atoms with Gasteiger partial charge < -0.3 is 59.5 Å². The van der Waals surface area contributed by atoms with Crippen LogP contribution in [0.4, 0.5) is 0 Å². The second-order valence-electron chi connectivity index (χ2n) is 17.0. The van der Waals surface area contributed by atoms with Crippen LogP contribution in [0.15, 0.2) is 4.99 Å². The summed E-state index contributed by atoms with van der Waals surface area (Å²) in [7, 11) is 0. The van der Waals surface area contributed by atoms with Crippen LogP contribution in [0.3, 0.4) is 0 Å². The number of carbonyl (C=O) groups excluding carboxylic acids is 7. The lowest BCUT2D eigenvalue weighted by molar-refractivity contribution is -0.143. The largest absolute Gasteiger partial charge is 0.480 e. The molecule has 0 aliphatic carbocycles. The predicted octanol–water partition coefficient (Wildman–Crippen LogP) is -1.07. The zero-order chi connectivity index (χ0) is 45.1. The number of nitrogens with zero attached hydrogens (tertiary/aromatic N) is 2. The molecule has 1 saturated heterocycles. The molecule has 1 aliphatic rings. The predicted molar refractivity (Wildman–Crippen MR) is 222 cm³/mol. The van der Waals surface area contributed by atoms with Crippen molar-refractivity contribution in [2.45, 2.75) is 155 Å². The number of nitrogens with two attached hydrogens (primary N) is 4. The molecule has 20 heteroatoms. The van der Waals surface area contributed by atoms with E-state index in [-0.39, 0.29) is 75.3 Å². The number of primary amides is 1. The fraction of sp³-hybridized carbons (Fsp3) is 0.769. The summed E-state index contributed by atoms with van der Waals surface area (Å²) in [6.45, 7) is 14.8. The van der Waals surface area contributed by atoms with Gasteiger partial charge in [-0.1, -0.05) is 55.4 Å². The lowest BCUT2D eigenvalue weighted by atomic mass is 9.99. The highest BCUT2D eigenvalue weighted by molar-refractivity contribution is 5.97. The average molecular weight is 838 g/mol. The van der Waals surface area contributed by atoms with Crippen LogP contribution in [0.1, 0.15) is 113 Å². The van der Waals surface area contributed by atoms with Crippen LogP contribution in [0.2, 0.25) is 0 Å². The van der Waals surface area contributed by atoms with Crippen LogP contribution in [0, 0.1) is 23.7 Å². The Balaban J connectivity index is 3.31. The summed E-state index contributed by atoms with van der Waals surface area (Å²) in [6.07, 6.45) is 1.36. The van der Waals surface area contributed by atoms with Gasteiger partial charge in [0.05, 0.1) is 6.04 Å². The van der Waals surface area contributed by atoms with Crippen LogP contribution < -0.4 is 49.5 Å². The maximum absolute atomic E-state index is 14.0. The minimum atomic E-state index is -1.38. The molecule has 336 valence electrons. The summed E-state index contributed by atoms with van der Waals surface area (Å²) in [4.78, 5) is 111. The molecule has 0 aromatic carbocycles. The molecule has 59 heavy (non-hydrogen) atoms. The monoisotopic (exact) mass is 838 g/mol. The SMILES string of the molecule is CC(C)C[C@H](NC(=O)[C@@H](NC(=O)[C@H](CCC(N)=O)NC(=O)[C@H](CC(C)C)NC(=O)[C@@H]1CCCN1C(=O)[C@H](CCCN=C(N)N)NC(=O)[C@@H](N)CC(C)C)C(C)C)C(=O)O. The van der Waals surface area contributed by atoms with Gasteiger partial charge in [0.1, 0.15) is 36.3 Å². The molecule has 7 atom stereocenters. The molecule has 0 radical (unpaired) electrons. The van der Waals surface area contributed by atoms with E-state index in [1.54, 1.807) is 27.7 Å². The Bertz CT molecular complexity index is 1480. The van der Waals surface area contributed by atoms with Crippen LogP contribution >= 0.6 is 0 Å². The van der Waals surface area contributed by atoms with Crippen molar-refractivity contribution >= 4 is 53.3 Å². The number of hydrogen-bond donors (Lipinski definition) is 10. The highest BCUT2D eigenvalue weighted by atomic mass is 16.4. The van der Waals surface area contributed by atoms with Gasteiger partial charge in [0.2, 0.25) is 41.4 Å². The number of nitrogens with one attached hydrogen (secondary N) is 5. The number of amides is 7. The van der Waals surface area contributed by atoms with Gasteiger partial charge in [0.25, 0.3) is 0 Å². The smallest absolute Gasteiger partial charge is 0.326 e. The van der Waals surface area contributed by atoms with Gasteiger partial charge in [-0.2, -0.15) is 0 Å². The first kappa shape index (κ1) is 52.0. The van der Waals surface area contributed by atoms with E-state index in [9.17, 15) is 43.5 Å². The molecule has 0 unspecified atom stereocenters. The molecule has 0 saturated carbocycles. The molecule has 7 amide bonds. The molecule has 0 spiro atoms. The second-order valence-corrected chi connectivity index (χ2v) is 17.0. The molecule has 20 nitrogen and oxygen atoms in total. The molecule has 1 aliphatic heterocycles. The van der Waals surface area contributed by atoms with Crippen molar-refractivity contribution in [3.8, 4) is 0 Å². The summed E-state index contributed by atoms with van der Waals surface area (Å²) >= 11 is 0. The Morgan fingerprint density at radius 3 is 1.75 bits per heavy atom. The fourth-order valence-corrected chi connectivity index (χ4v) is 6.70. The van der Waals surface area contributed by atoms with E-state index >= 15 is 0 Å². The Hall–Kier alpha value is -5.01. The minimum absolute atomic E-state index is 0.0512. The quantitative estimate of drug-likeness (QED) is 0.0283. The first-order valence-electron chi connectivity index (χ1n) is 20.6. The first-order valence-corrected chi connectivity index (χ1v) is 20.6. The third kappa shape index (κ3) is 19.1. The van der Waals surface area contributed by atoms with Crippen LogP contribution in [0.5, 0.6) is 0 Å². The zero-order valence-electron chi connectivity index (χ0n) is 36.0. The summed E-state index contributed by atoms with van der Waals surface area (Å²) < 4.78 is 0. The molecular weight excluding hydrogens is 766 g/mol. The number of aliphatic carboxylic acids is 1. The highest BCUT2D eigenvalue weighted by Crippen LogP contribution is 2.21. The van der Waals surface area contributed by atoms with Crippen molar-refractivity contribution in [1.82, 2.24) is 31.5 Å². The molecule has 14 N–H and O–H groups in total. The normalized spacial score (nSPS) is 17.0. The van der Waals surface area contributed by atoms with Gasteiger partial charge in [-0.25, -0.2) is 4.79 Å². The van der Waals surface area contributed by atoms with Gasteiger partial charge in [0.15, 0.2) is 5.96 Å². The summed E-state index contributed by atoms with van der Waals surface area (Å²) in [5.41, 5.74) is 22.4. The summed E-state index contributed by atoms with van der Waals surface area (Å²) in [5.74, 6) is -6.64. The van der Waals surface area contributed by atoms with Crippen LogP contribution in [0.25, 0.3) is 0 Å². The van der Waals surface area contributed by atoms with Crippen molar-refractivity contribution in [1.29, 1.82) is 0 Å². The maximum Gasteiger partial charge on any atom is 0.326 e. The molecule has 0 aromatic rings. The van der Waals surface area contributed by atoms with Gasteiger partial charge in [0, 0.05) is 19.5 Å². The van der Waals surface area contributed by atoms with Crippen molar-refractivity contribution in [2.75, 3.05) is 13.1 Å². The van der Waals surface area contributed by atoms with E-state index in [2.05, 4.69) is 31.6 Å². The number of carboxylic acid groups (broad SMARTS) is 1. The van der Waals surface area contributed by atoms with Gasteiger partial charge in [-0.05, 0) is 75.0 Å². The van der Waals surface area contributed by atoms with E-state index in [0.717, 1.165) is 0 Å². The Kier molecular flexibility index (Phi) is 22.5. The molecule has 0 bridgehead atoms. The lowest BCUT2D eigenvalue weighted by Gasteiger charge is -2.31. The van der Waals surface area contributed by atoms with Crippen LogP contribution in [-0.2, 0) is 38.4 Å². The number of carboxylic acids is 1. The minimum Gasteiger partial charge on any atom is -0.480 e. The number of carbonyl (C=O) groups is 8. The standard InChI is InChI=1S/C39H71N11O9/c1-20(2)17-24(40)32(52)46-26(11-9-15-44-39(42)43)37(57)50-16-10-12-29(50)35(55)47-27(18-21(3)4)34(54)45-25(13-14-30(41)51)33(53)49-31(23(7)8)36(56)48-28(38(58)59)19-22(5)6/h20-29,31H,9-19,40H2,1-8H3,(H2,41,51)(H,45,54)(H,46,52)(H,47,55)(H,48,56)(H,49,53)(H,58,59)(H4,42,43,44)/t24-,25-,26-,27-,28-,29-,31-/m0/s1. The number of hydrogen-bond acceptors (Lipinski definition) is 10. The lowest BCUT2D eigenvalue weighted by Crippen LogP contribution is -2.60. The summed E-state index contributed by atoms with van der Waals surface area (Å²) in [6, 6.07) is -7.86. The topological polar surface area (TPSA) is 337 Å². The number of guanidine groups is 1. The van der Waals surface area contributed by atoms with E-state index in [1.165, 1.54) is 4.90 Å². The number of rotatable bonds is 26. The highest BCUT2D eigenvalue weighted by Gasteiger charge is 2.40. The van der Waals surface area contributed by atoms with Crippen LogP contribution in [-0.4, -0.2) is 119 Å². The first-order chi connectivity index (χ1) is 27.4. The van der Waals surface area contributed by atoms with E-state index in [0.29, 0.717) is 19.3 Å². The third-order valence-electron chi connectivity index (χ3n) is 9.68. The van der Waals surface area contributed by atoms with Crippen molar-refractivity contribution in [3.63, 3.8) is 0 Å². The van der Waals surface area contributed by atoms with Gasteiger partial charge >= 0.3 is 5.97 Å². The Morgan fingerprint density at radius 2 is 1.22 bits per heavy atom. The average Bonchev–Trinajstić information content (AvgIpc) is 3.61. The van der Waals surface area contributed by atoms with E-state index in [1.807, 2.05) is 27.7 Å². The maximum atomic E-state index is 14.0. The van der Waals surface area contributed by atoms with Crippen molar-refractivity contribution in [2.24, 2.45) is 51.6 Å². The summed E-state index contributed by atoms with van der Waals surface area (Å²) in [5, 5.41) is 22.8. The van der Waals surface area contributed by atoms with Crippen molar-refractivity contribution in [3.05, 3.63) is 0 Å². The van der Waals surface area contributed by atoms with E-state index in [4.69, 9.17) is 22.9 Å². The molecule has 1 fully saturated rings. The fourth-order valence-electron chi connectivity index (χ4n) is 6.70. The molecule has 0 aromatic heterocycles. The Morgan fingerprint density at radius 1 is 0.678 bits per heavy atom. The third-order valence-corrected chi connectivity index (χ3v) is 9.68. The number of likely N-dealkylation sites (tertiary alicyclic amines) is 1. The Labute approximate surface area is 347 Å². The molecular formula is C39H71N11O9.